The molecule has 8 heteroatoms. The molecule has 0 bridgehead atoms. The van der Waals surface area contributed by atoms with Crippen molar-refractivity contribution in [1.82, 2.24) is 9.88 Å². The van der Waals surface area contributed by atoms with E-state index in [9.17, 15) is 23.9 Å². The Morgan fingerprint density at radius 2 is 1.82 bits per heavy atom. The van der Waals surface area contributed by atoms with Gasteiger partial charge in [0.15, 0.2) is 0 Å². The Kier molecular flexibility index (Phi) is 6.23. The maximum absolute atomic E-state index is 14.2. The number of pyridine rings is 1. The summed E-state index contributed by atoms with van der Waals surface area (Å²) in [5, 5.41) is 11.0. The molecule has 1 N–H and O–H groups in total. The van der Waals surface area contributed by atoms with Gasteiger partial charge >= 0.3 is 5.97 Å². The number of rotatable bonds is 5. The van der Waals surface area contributed by atoms with Crippen LogP contribution in [0.4, 0.5) is 4.39 Å². The molecule has 1 aliphatic rings. The fourth-order valence-corrected chi connectivity index (χ4v) is 3.89. The lowest BCUT2D eigenvalue weighted by Crippen LogP contribution is -2.29. The van der Waals surface area contributed by atoms with Crippen LogP contribution >= 0.6 is 0 Å². The number of aryl methyl sites for hydroxylation is 1. The zero-order valence-electron chi connectivity index (χ0n) is 18.5. The first-order chi connectivity index (χ1) is 16.3. The molecule has 3 aromatic rings. The minimum atomic E-state index is -0.962. The van der Waals surface area contributed by atoms with Crippen LogP contribution in [0, 0.1) is 12.7 Å². The number of ketones is 1. The SMILES string of the molecule is COC(=O)c1ccc([C@@H]2C(=C(O)c3ccc(C)c(F)c3)C(=O)C(=O)N2Cc2cccnc2)cc1. The molecular formula is C26H21FN2O5. The van der Waals surface area contributed by atoms with E-state index in [1.165, 1.54) is 36.3 Å². The normalized spacial score (nSPS) is 17.1. The first-order valence-corrected chi connectivity index (χ1v) is 10.4. The molecule has 34 heavy (non-hydrogen) atoms. The summed E-state index contributed by atoms with van der Waals surface area (Å²) in [6.45, 7) is 1.63. The topological polar surface area (TPSA) is 96.8 Å². The summed E-state index contributed by atoms with van der Waals surface area (Å²) in [4.78, 5) is 43.3. The number of amides is 1. The number of hydrogen-bond donors (Lipinski definition) is 1. The van der Waals surface area contributed by atoms with E-state index < -0.39 is 35.3 Å². The first-order valence-electron chi connectivity index (χ1n) is 10.4. The Morgan fingerprint density at radius 3 is 2.44 bits per heavy atom. The molecule has 1 fully saturated rings. The molecule has 0 radical (unpaired) electrons. The lowest BCUT2D eigenvalue weighted by Gasteiger charge is -2.25. The van der Waals surface area contributed by atoms with E-state index in [1.54, 1.807) is 43.6 Å². The van der Waals surface area contributed by atoms with Gasteiger partial charge in [-0.25, -0.2) is 9.18 Å². The van der Waals surface area contributed by atoms with Crippen LogP contribution in [0.25, 0.3) is 5.76 Å². The van der Waals surface area contributed by atoms with Crippen LogP contribution in [0.15, 0.2) is 72.6 Å². The second-order valence-electron chi connectivity index (χ2n) is 7.87. The number of esters is 1. The molecule has 0 saturated carbocycles. The van der Waals surface area contributed by atoms with E-state index in [4.69, 9.17) is 4.74 Å². The average molecular weight is 460 g/mol. The number of benzene rings is 2. The van der Waals surface area contributed by atoms with Gasteiger partial charge in [-0.3, -0.25) is 14.6 Å². The number of hydrogen-bond acceptors (Lipinski definition) is 6. The van der Waals surface area contributed by atoms with Gasteiger partial charge in [0.25, 0.3) is 11.7 Å². The fourth-order valence-electron chi connectivity index (χ4n) is 3.89. The van der Waals surface area contributed by atoms with Crippen LogP contribution in [0.2, 0.25) is 0 Å². The second kappa shape index (κ2) is 9.27. The number of carbonyl (C=O) groups is 3. The predicted molar refractivity (Wildman–Crippen MR) is 121 cm³/mol. The lowest BCUT2D eigenvalue weighted by atomic mass is 9.94. The molecule has 1 saturated heterocycles. The Balaban J connectivity index is 1.86. The van der Waals surface area contributed by atoms with E-state index in [0.717, 1.165) is 6.07 Å². The van der Waals surface area contributed by atoms with Crippen molar-refractivity contribution in [2.24, 2.45) is 0 Å². The number of methoxy groups -OCH3 is 1. The minimum absolute atomic E-state index is 0.0564. The number of carbonyl (C=O) groups excluding carboxylic acids is 3. The third kappa shape index (κ3) is 4.17. The fraction of sp³-hybridized carbons (Fsp3) is 0.154. The molecule has 4 rings (SSSR count). The summed E-state index contributed by atoms with van der Waals surface area (Å²) in [5.41, 5.74) is 1.76. The number of halogens is 1. The van der Waals surface area contributed by atoms with Gasteiger partial charge in [-0.1, -0.05) is 30.3 Å². The molecule has 1 aromatic heterocycles. The molecular weight excluding hydrogens is 439 g/mol. The van der Waals surface area contributed by atoms with Crippen molar-refractivity contribution < 1.29 is 28.6 Å². The zero-order valence-corrected chi connectivity index (χ0v) is 18.5. The Morgan fingerprint density at radius 1 is 1.12 bits per heavy atom. The third-order valence-corrected chi connectivity index (χ3v) is 5.71. The standard InChI is InChI=1S/C26H21FN2O5/c1-15-5-6-19(12-20(15)27)23(30)21-22(17-7-9-18(10-8-17)26(33)34-2)29(25(32)24(21)31)14-16-4-3-11-28-13-16/h3-13,22,30H,14H2,1-2H3/t22-/m1/s1. The first kappa shape index (κ1) is 22.8. The maximum atomic E-state index is 14.2. The number of Topliss-reactive ketones (excluding diaryl/α,β-unsaturated/α-hetero) is 1. The van der Waals surface area contributed by atoms with Gasteiger partial charge in [0.2, 0.25) is 0 Å². The van der Waals surface area contributed by atoms with Crippen molar-refractivity contribution >= 4 is 23.4 Å². The number of aliphatic hydroxyl groups excluding tert-OH is 1. The number of likely N-dealkylation sites (tertiary alicyclic amines) is 1. The van der Waals surface area contributed by atoms with E-state index in [1.807, 2.05) is 0 Å². The van der Waals surface area contributed by atoms with Crippen molar-refractivity contribution in [2.75, 3.05) is 7.11 Å². The summed E-state index contributed by atoms with van der Waals surface area (Å²) in [5.74, 6) is -3.25. The van der Waals surface area contributed by atoms with Crippen LogP contribution in [0.3, 0.4) is 0 Å². The van der Waals surface area contributed by atoms with E-state index >= 15 is 0 Å². The molecule has 7 nitrogen and oxygen atoms in total. The second-order valence-corrected chi connectivity index (χ2v) is 7.87. The Hall–Kier alpha value is -4.33. The van der Waals surface area contributed by atoms with Gasteiger partial charge in [0.1, 0.15) is 11.6 Å². The molecule has 0 spiro atoms. The molecule has 1 atom stereocenters. The highest BCUT2D eigenvalue weighted by molar-refractivity contribution is 6.46. The van der Waals surface area contributed by atoms with Gasteiger partial charge in [0.05, 0.1) is 24.3 Å². The monoisotopic (exact) mass is 460 g/mol. The summed E-state index contributed by atoms with van der Waals surface area (Å²) >= 11 is 0. The van der Waals surface area contributed by atoms with Crippen molar-refractivity contribution in [2.45, 2.75) is 19.5 Å². The molecule has 172 valence electrons. The van der Waals surface area contributed by atoms with Gasteiger partial charge in [-0.15, -0.1) is 0 Å². The predicted octanol–water partition coefficient (Wildman–Crippen LogP) is 3.94. The molecule has 2 heterocycles. The third-order valence-electron chi connectivity index (χ3n) is 5.71. The molecule has 2 aromatic carbocycles. The van der Waals surface area contributed by atoms with E-state index in [-0.39, 0.29) is 23.2 Å². The van der Waals surface area contributed by atoms with Crippen LogP contribution in [0.5, 0.6) is 0 Å². The number of ether oxygens (including phenoxy) is 1. The molecule has 0 unspecified atom stereocenters. The van der Waals surface area contributed by atoms with Gasteiger partial charge in [-0.2, -0.15) is 0 Å². The van der Waals surface area contributed by atoms with Crippen LogP contribution in [-0.2, 0) is 20.9 Å². The summed E-state index contributed by atoms with van der Waals surface area (Å²) in [6, 6.07) is 12.8. The highest BCUT2D eigenvalue weighted by Gasteiger charge is 2.46. The number of nitrogens with zero attached hydrogens (tertiary/aromatic N) is 2. The smallest absolute Gasteiger partial charge is 0.337 e. The van der Waals surface area contributed by atoms with Crippen molar-refractivity contribution in [3.05, 3.63) is 106 Å². The molecule has 1 aliphatic heterocycles. The van der Waals surface area contributed by atoms with E-state index in [2.05, 4.69) is 4.98 Å². The lowest BCUT2D eigenvalue weighted by molar-refractivity contribution is -0.140. The highest BCUT2D eigenvalue weighted by atomic mass is 19.1. The summed E-state index contributed by atoms with van der Waals surface area (Å²) < 4.78 is 18.9. The van der Waals surface area contributed by atoms with E-state index in [0.29, 0.717) is 16.7 Å². The quantitative estimate of drug-likeness (QED) is 0.268. The highest BCUT2D eigenvalue weighted by Crippen LogP contribution is 2.40. The molecule has 0 aliphatic carbocycles. The largest absolute Gasteiger partial charge is 0.507 e. The van der Waals surface area contributed by atoms with Crippen molar-refractivity contribution in [3.8, 4) is 0 Å². The van der Waals surface area contributed by atoms with Gasteiger partial charge < -0.3 is 14.7 Å². The number of aromatic nitrogens is 1. The minimum Gasteiger partial charge on any atom is -0.507 e. The van der Waals surface area contributed by atoms with Gasteiger partial charge in [0, 0.05) is 24.5 Å². The zero-order chi connectivity index (χ0) is 24.4. The average Bonchev–Trinajstić information content (AvgIpc) is 3.10. The summed E-state index contributed by atoms with van der Waals surface area (Å²) in [6.07, 6.45) is 3.17. The van der Waals surface area contributed by atoms with Gasteiger partial charge in [-0.05, 0) is 47.9 Å². The van der Waals surface area contributed by atoms with Crippen LogP contribution in [-0.4, -0.2) is 39.8 Å². The number of aliphatic hydroxyl groups is 1. The Bertz CT molecular complexity index is 1300. The maximum Gasteiger partial charge on any atom is 0.337 e. The summed E-state index contributed by atoms with van der Waals surface area (Å²) in [7, 11) is 1.26. The van der Waals surface area contributed by atoms with Crippen molar-refractivity contribution in [3.63, 3.8) is 0 Å². The van der Waals surface area contributed by atoms with Crippen LogP contribution in [0.1, 0.15) is 38.7 Å². The van der Waals surface area contributed by atoms with Crippen molar-refractivity contribution in [1.29, 1.82) is 0 Å². The Labute approximate surface area is 195 Å². The van der Waals surface area contributed by atoms with Crippen LogP contribution < -0.4 is 0 Å². The molecule has 1 amide bonds.